The predicted molar refractivity (Wildman–Crippen MR) is 72.9 cm³/mol. The molecule has 19 heavy (non-hydrogen) atoms. The van der Waals surface area contributed by atoms with Gasteiger partial charge in [-0.05, 0) is 36.1 Å². The lowest BCUT2D eigenvalue weighted by molar-refractivity contribution is -0.137. The van der Waals surface area contributed by atoms with Crippen LogP contribution >= 0.6 is 0 Å². The fourth-order valence-corrected chi connectivity index (χ4v) is 1.90. The average Bonchev–Trinajstić information content (AvgIpc) is 2.37. The molecule has 104 valence electrons. The van der Waals surface area contributed by atoms with Crippen molar-refractivity contribution in [2.75, 3.05) is 7.11 Å². The van der Waals surface area contributed by atoms with E-state index in [-0.39, 0.29) is 24.5 Å². The number of hydrogen-bond donors (Lipinski definition) is 1. The van der Waals surface area contributed by atoms with Crippen LogP contribution in [0.25, 0.3) is 0 Å². The lowest BCUT2D eigenvalue weighted by atomic mass is 9.96. The molecular weight excluding hydrogens is 244 g/mol. The summed E-state index contributed by atoms with van der Waals surface area (Å²) in [4.78, 5) is 22.4. The van der Waals surface area contributed by atoms with Crippen molar-refractivity contribution < 1.29 is 19.4 Å². The van der Waals surface area contributed by atoms with Crippen LogP contribution < -0.4 is 4.74 Å². The molecule has 4 heteroatoms. The molecule has 4 nitrogen and oxygen atoms in total. The highest BCUT2D eigenvalue weighted by Crippen LogP contribution is 2.27. The van der Waals surface area contributed by atoms with E-state index >= 15 is 0 Å². The van der Waals surface area contributed by atoms with Crippen LogP contribution in [-0.2, 0) is 4.79 Å². The van der Waals surface area contributed by atoms with Gasteiger partial charge in [0.2, 0.25) is 0 Å². The Morgan fingerprint density at radius 3 is 2.47 bits per heavy atom. The van der Waals surface area contributed by atoms with Crippen LogP contribution in [0.15, 0.2) is 18.2 Å². The molecule has 0 radical (unpaired) electrons. The number of benzene rings is 1. The maximum absolute atomic E-state index is 12.0. The standard InChI is InChI=1S/C15H20O4/c1-10(2)12-9-11(7-8-14(12)19-3)13(16)5-4-6-15(17)18/h7-10H,4-6H2,1-3H3,(H,17,18). The molecule has 0 aliphatic heterocycles. The molecule has 0 spiro atoms. The summed E-state index contributed by atoms with van der Waals surface area (Å²) in [5.74, 6) is 0.148. The minimum Gasteiger partial charge on any atom is -0.496 e. The molecule has 1 N–H and O–H groups in total. The van der Waals surface area contributed by atoms with Crippen LogP contribution in [0.2, 0.25) is 0 Å². The summed E-state index contributed by atoms with van der Waals surface area (Å²) >= 11 is 0. The molecular formula is C15H20O4. The molecule has 0 amide bonds. The number of aliphatic carboxylic acids is 1. The van der Waals surface area contributed by atoms with Crippen molar-refractivity contribution >= 4 is 11.8 Å². The van der Waals surface area contributed by atoms with Crippen molar-refractivity contribution in [2.45, 2.75) is 39.0 Å². The van der Waals surface area contributed by atoms with Gasteiger partial charge in [0, 0.05) is 18.4 Å². The van der Waals surface area contributed by atoms with E-state index in [4.69, 9.17) is 9.84 Å². The third-order valence-corrected chi connectivity index (χ3v) is 2.97. The van der Waals surface area contributed by atoms with Crippen molar-refractivity contribution in [3.8, 4) is 5.75 Å². The number of rotatable bonds is 7. The first-order valence-electron chi connectivity index (χ1n) is 6.38. The fraction of sp³-hybridized carbons (Fsp3) is 0.467. The maximum Gasteiger partial charge on any atom is 0.303 e. The third-order valence-electron chi connectivity index (χ3n) is 2.97. The first kappa shape index (κ1) is 15.2. The Kier molecular flexibility index (Phi) is 5.55. The van der Waals surface area contributed by atoms with Gasteiger partial charge in [-0.25, -0.2) is 0 Å². The summed E-state index contributed by atoms with van der Waals surface area (Å²) in [6.45, 7) is 4.08. The van der Waals surface area contributed by atoms with Gasteiger partial charge in [-0.2, -0.15) is 0 Å². The average molecular weight is 264 g/mol. The van der Waals surface area contributed by atoms with E-state index < -0.39 is 5.97 Å². The Morgan fingerprint density at radius 1 is 1.26 bits per heavy atom. The Bertz CT molecular complexity index is 463. The normalized spacial score (nSPS) is 10.5. The quantitative estimate of drug-likeness (QED) is 0.768. The van der Waals surface area contributed by atoms with Crippen molar-refractivity contribution in [3.05, 3.63) is 29.3 Å². The highest BCUT2D eigenvalue weighted by molar-refractivity contribution is 5.96. The first-order valence-corrected chi connectivity index (χ1v) is 6.38. The molecule has 0 saturated carbocycles. The van der Waals surface area contributed by atoms with Crippen LogP contribution in [0.5, 0.6) is 5.75 Å². The summed E-state index contributed by atoms with van der Waals surface area (Å²) in [5.41, 5.74) is 1.61. The Labute approximate surface area is 113 Å². The van der Waals surface area contributed by atoms with Gasteiger partial charge < -0.3 is 9.84 Å². The van der Waals surface area contributed by atoms with E-state index in [0.29, 0.717) is 12.0 Å². The number of ketones is 1. The fourth-order valence-electron chi connectivity index (χ4n) is 1.90. The molecule has 0 heterocycles. The third kappa shape index (κ3) is 4.39. The highest BCUT2D eigenvalue weighted by atomic mass is 16.5. The number of ether oxygens (including phenoxy) is 1. The molecule has 0 bridgehead atoms. The first-order chi connectivity index (χ1) is 8.95. The van der Waals surface area contributed by atoms with E-state index in [1.54, 1.807) is 19.2 Å². The minimum absolute atomic E-state index is 0.0224. The number of carboxylic acids is 1. The Morgan fingerprint density at radius 2 is 1.95 bits per heavy atom. The second-order valence-electron chi connectivity index (χ2n) is 4.78. The smallest absolute Gasteiger partial charge is 0.303 e. The van der Waals surface area contributed by atoms with E-state index in [2.05, 4.69) is 0 Å². The molecule has 0 aromatic heterocycles. The SMILES string of the molecule is COc1ccc(C(=O)CCCC(=O)O)cc1C(C)C. The number of hydrogen-bond acceptors (Lipinski definition) is 3. The lowest BCUT2D eigenvalue weighted by Crippen LogP contribution is -2.04. The van der Waals surface area contributed by atoms with Crippen molar-refractivity contribution in [3.63, 3.8) is 0 Å². The van der Waals surface area contributed by atoms with Crippen molar-refractivity contribution in [1.29, 1.82) is 0 Å². The summed E-state index contributed by atoms with van der Waals surface area (Å²) in [5, 5.41) is 8.55. The highest BCUT2D eigenvalue weighted by Gasteiger charge is 2.12. The van der Waals surface area contributed by atoms with E-state index in [0.717, 1.165) is 11.3 Å². The van der Waals surface area contributed by atoms with Crippen molar-refractivity contribution in [2.24, 2.45) is 0 Å². The maximum atomic E-state index is 12.0. The molecule has 0 unspecified atom stereocenters. The van der Waals surface area contributed by atoms with Crippen LogP contribution in [0.3, 0.4) is 0 Å². The molecule has 0 saturated heterocycles. The van der Waals surface area contributed by atoms with Gasteiger partial charge in [0.1, 0.15) is 5.75 Å². The number of carbonyl (C=O) groups excluding carboxylic acids is 1. The van der Waals surface area contributed by atoms with E-state index in [1.807, 2.05) is 19.9 Å². The topological polar surface area (TPSA) is 63.6 Å². The summed E-state index contributed by atoms with van der Waals surface area (Å²) in [6, 6.07) is 5.36. The molecule has 0 aliphatic carbocycles. The Balaban J connectivity index is 2.80. The lowest BCUT2D eigenvalue weighted by Gasteiger charge is -2.13. The number of carbonyl (C=O) groups is 2. The Hall–Kier alpha value is -1.84. The zero-order chi connectivity index (χ0) is 14.4. The summed E-state index contributed by atoms with van der Waals surface area (Å²) in [7, 11) is 1.61. The molecule has 1 rings (SSSR count). The van der Waals surface area contributed by atoms with E-state index in [9.17, 15) is 9.59 Å². The molecule has 0 aliphatic rings. The van der Waals surface area contributed by atoms with E-state index in [1.165, 1.54) is 0 Å². The zero-order valence-corrected chi connectivity index (χ0v) is 11.6. The minimum atomic E-state index is -0.870. The molecule has 1 aromatic rings. The van der Waals surface area contributed by atoms with Gasteiger partial charge in [0.15, 0.2) is 5.78 Å². The largest absolute Gasteiger partial charge is 0.496 e. The van der Waals surface area contributed by atoms with Gasteiger partial charge in [-0.3, -0.25) is 9.59 Å². The second-order valence-corrected chi connectivity index (χ2v) is 4.78. The monoisotopic (exact) mass is 264 g/mol. The van der Waals surface area contributed by atoms with Crippen LogP contribution in [0, 0.1) is 0 Å². The van der Waals surface area contributed by atoms with Gasteiger partial charge >= 0.3 is 5.97 Å². The molecule has 0 fully saturated rings. The number of Topliss-reactive ketones (excluding diaryl/α,β-unsaturated/α-hetero) is 1. The second kappa shape index (κ2) is 6.92. The van der Waals surface area contributed by atoms with Crippen molar-refractivity contribution in [1.82, 2.24) is 0 Å². The predicted octanol–water partition coefficient (Wildman–Crippen LogP) is 3.26. The number of methoxy groups -OCH3 is 1. The van der Waals surface area contributed by atoms with Crippen LogP contribution in [0.1, 0.15) is 54.9 Å². The van der Waals surface area contributed by atoms with Gasteiger partial charge in [-0.1, -0.05) is 13.8 Å². The van der Waals surface area contributed by atoms with Gasteiger partial charge in [0.05, 0.1) is 7.11 Å². The zero-order valence-electron chi connectivity index (χ0n) is 11.6. The summed E-state index contributed by atoms with van der Waals surface area (Å²) in [6.07, 6.45) is 0.659. The van der Waals surface area contributed by atoms with Gasteiger partial charge in [0.25, 0.3) is 0 Å². The summed E-state index contributed by atoms with van der Waals surface area (Å²) < 4.78 is 5.26. The molecule has 0 atom stereocenters. The molecule has 1 aromatic carbocycles. The van der Waals surface area contributed by atoms with Crippen LogP contribution in [-0.4, -0.2) is 24.0 Å². The van der Waals surface area contributed by atoms with Crippen LogP contribution in [0.4, 0.5) is 0 Å². The number of carboxylic acid groups (broad SMARTS) is 1. The van der Waals surface area contributed by atoms with Gasteiger partial charge in [-0.15, -0.1) is 0 Å².